The van der Waals surface area contributed by atoms with Crippen molar-refractivity contribution in [2.45, 2.75) is 6.42 Å². The van der Waals surface area contributed by atoms with Crippen LogP contribution in [0.2, 0.25) is 5.28 Å². The number of nitrogens with zero attached hydrogens (tertiary/aromatic N) is 2. The van der Waals surface area contributed by atoms with Crippen LogP contribution >= 0.6 is 11.6 Å². The molecule has 0 radical (unpaired) electrons. The van der Waals surface area contributed by atoms with Gasteiger partial charge >= 0.3 is 0 Å². The van der Waals surface area contributed by atoms with Gasteiger partial charge in [0.2, 0.25) is 5.28 Å². The van der Waals surface area contributed by atoms with Gasteiger partial charge in [-0.05, 0) is 30.2 Å². The number of anilines is 1. The largest absolute Gasteiger partial charge is 0.396 e. The van der Waals surface area contributed by atoms with E-state index in [1.165, 1.54) is 0 Å². The van der Waals surface area contributed by atoms with Crippen molar-refractivity contribution >= 4 is 28.3 Å². The Labute approximate surface area is 98.3 Å². The summed E-state index contributed by atoms with van der Waals surface area (Å²) in [6.07, 6.45) is 0.677. The third-order valence-corrected chi connectivity index (χ3v) is 2.37. The molecule has 1 aromatic carbocycles. The molecule has 2 rings (SSSR count). The molecule has 0 unspecified atom stereocenters. The van der Waals surface area contributed by atoms with Gasteiger partial charge in [0.25, 0.3) is 0 Å². The monoisotopic (exact) mass is 237 g/mol. The number of benzene rings is 1. The molecule has 4 nitrogen and oxygen atoms in total. The Morgan fingerprint density at radius 3 is 2.88 bits per heavy atom. The van der Waals surface area contributed by atoms with E-state index in [1.807, 2.05) is 24.3 Å². The molecule has 1 heterocycles. The van der Waals surface area contributed by atoms with Gasteiger partial charge in [0.05, 0.1) is 5.52 Å². The number of aliphatic hydroxyl groups excluding tert-OH is 1. The van der Waals surface area contributed by atoms with E-state index in [0.29, 0.717) is 18.8 Å². The lowest BCUT2D eigenvalue weighted by Gasteiger charge is -2.07. The molecule has 0 amide bonds. The molecular formula is C11H12ClN3O. The molecule has 0 aliphatic rings. The van der Waals surface area contributed by atoms with Crippen molar-refractivity contribution in [2.75, 3.05) is 18.5 Å². The lowest BCUT2D eigenvalue weighted by molar-refractivity contribution is 0.292. The zero-order valence-electron chi connectivity index (χ0n) is 8.65. The average Bonchev–Trinajstić information content (AvgIpc) is 2.29. The predicted octanol–water partition coefficient (Wildman–Crippen LogP) is 2.08. The summed E-state index contributed by atoms with van der Waals surface area (Å²) in [7, 11) is 0. The number of hydrogen-bond acceptors (Lipinski definition) is 4. The average molecular weight is 238 g/mol. The van der Waals surface area contributed by atoms with E-state index in [4.69, 9.17) is 16.7 Å². The fraction of sp³-hybridized carbons (Fsp3) is 0.273. The molecule has 0 atom stereocenters. The molecule has 0 saturated heterocycles. The Bertz CT molecular complexity index is 490. The third-order valence-electron chi connectivity index (χ3n) is 2.20. The first-order chi connectivity index (χ1) is 7.81. The van der Waals surface area contributed by atoms with Gasteiger partial charge in [0.1, 0.15) is 5.82 Å². The molecule has 0 spiro atoms. The van der Waals surface area contributed by atoms with E-state index in [2.05, 4.69) is 15.3 Å². The summed E-state index contributed by atoms with van der Waals surface area (Å²) in [6, 6.07) is 7.66. The summed E-state index contributed by atoms with van der Waals surface area (Å²) in [6.45, 7) is 0.817. The molecule has 1 aromatic heterocycles. The molecule has 84 valence electrons. The van der Waals surface area contributed by atoms with Crippen LogP contribution in [0, 0.1) is 0 Å². The van der Waals surface area contributed by atoms with Gasteiger partial charge in [0, 0.05) is 18.5 Å². The second-order valence-electron chi connectivity index (χ2n) is 3.36. The molecule has 0 bridgehead atoms. The smallest absolute Gasteiger partial charge is 0.224 e. The number of hydrogen-bond donors (Lipinski definition) is 2. The van der Waals surface area contributed by atoms with Crippen molar-refractivity contribution in [3.63, 3.8) is 0 Å². The van der Waals surface area contributed by atoms with E-state index in [1.54, 1.807) is 0 Å². The van der Waals surface area contributed by atoms with E-state index < -0.39 is 0 Å². The molecular weight excluding hydrogens is 226 g/mol. The first-order valence-electron chi connectivity index (χ1n) is 5.08. The van der Waals surface area contributed by atoms with Gasteiger partial charge < -0.3 is 10.4 Å². The van der Waals surface area contributed by atoms with Crippen LogP contribution in [0.3, 0.4) is 0 Å². The Morgan fingerprint density at radius 2 is 2.06 bits per heavy atom. The van der Waals surface area contributed by atoms with E-state index in [-0.39, 0.29) is 11.9 Å². The first-order valence-corrected chi connectivity index (χ1v) is 5.46. The normalized spacial score (nSPS) is 10.6. The van der Waals surface area contributed by atoms with Crippen molar-refractivity contribution in [3.8, 4) is 0 Å². The van der Waals surface area contributed by atoms with Crippen molar-refractivity contribution in [1.29, 1.82) is 0 Å². The molecule has 16 heavy (non-hydrogen) atoms. The Morgan fingerprint density at radius 1 is 1.25 bits per heavy atom. The summed E-state index contributed by atoms with van der Waals surface area (Å²) < 4.78 is 0. The molecule has 5 heteroatoms. The van der Waals surface area contributed by atoms with E-state index in [0.717, 1.165) is 10.9 Å². The Balaban J connectivity index is 2.34. The minimum absolute atomic E-state index is 0.156. The highest BCUT2D eigenvalue weighted by molar-refractivity contribution is 6.28. The summed E-state index contributed by atoms with van der Waals surface area (Å²) in [5, 5.41) is 13.0. The highest BCUT2D eigenvalue weighted by Gasteiger charge is 2.04. The fourth-order valence-corrected chi connectivity index (χ4v) is 1.64. The lowest BCUT2D eigenvalue weighted by atomic mass is 10.2. The topological polar surface area (TPSA) is 58.0 Å². The summed E-state index contributed by atoms with van der Waals surface area (Å²) in [4.78, 5) is 8.26. The van der Waals surface area contributed by atoms with Crippen LogP contribution in [-0.2, 0) is 0 Å². The van der Waals surface area contributed by atoms with E-state index in [9.17, 15) is 0 Å². The Hall–Kier alpha value is -1.39. The quantitative estimate of drug-likeness (QED) is 0.632. The lowest BCUT2D eigenvalue weighted by Crippen LogP contribution is -2.06. The Kier molecular flexibility index (Phi) is 3.54. The first kappa shape index (κ1) is 11.1. The third kappa shape index (κ3) is 2.40. The molecule has 0 aliphatic carbocycles. The van der Waals surface area contributed by atoms with Gasteiger partial charge in [-0.2, -0.15) is 0 Å². The highest BCUT2D eigenvalue weighted by atomic mass is 35.5. The van der Waals surface area contributed by atoms with Crippen molar-refractivity contribution in [2.24, 2.45) is 0 Å². The molecule has 0 fully saturated rings. The van der Waals surface area contributed by atoms with Crippen molar-refractivity contribution in [1.82, 2.24) is 9.97 Å². The summed E-state index contributed by atoms with van der Waals surface area (Å²) in [5.74, 6) is 0.712. The number of halogens is 1. The van der Waals surface area contributed by atoms with Crippen molar-refractivity contribution in [3.05, 3.63) is 29.5 Å². The maximum Gasteiger partial charge on any atom is 0.224 e. The zero-order valence-corrected chi connectivity index (χ0v) is 9.41. The second-order valence-corrected chi connectivity index (χ2v) is 3.70. The molecule has 0 saturated carbocycles. The van der Waals surface area contributed by atoms with Crippen LogP contribution in [0.25, 0.3) is 10.9 Å². The van der Waals surface area contributed by atoms with Crippen LogP contribution in [0.15, 0.2) is 24.3 Å². The standard InChI is InChI=1S/C11H12ClN3O/c12-11-14-9-5-2-1-4-8(9)10(15-11)13-6-3-7-16/h1-2,4-5,16H,3,6-7H2,(H,13,14,15). The van der Waals surface area contributed by atoms with Gasteiger partial charge in [-0.25, -0.2) is 9.97 Å². The van der Waals surface area contributed by atoms with Gasteiger partial charge in [-0.3, -0.25) is 0 Å². The number of fused-ring (bicyclic) bond motifs is 1. The number of aromatic nitrogens is 2. The van der Waals surface area contributed by atoms with Crippen LogP contribution < -0.4 is 5.32 Å². The maximum atomic E-state index is 8.71. The number of rotatable bonds is 4. The van der Waals surface area contributed by atoms with Crippen LogP contribution in [-0.4, -0.2) is 28.2 Å². The number of aliphatic hydroxyl groups is 1. The van der Waals surface area contributed by atoms with E-state index >= 15 is 0 Å². The van der Waals surface area contributed by atoms with Crippen LogP contribution in [0.5, 0.6) is 0 Å². The number of para-hydroxylation sites is 1. The summed E-state index contributed by atoms with van der Waals surface area (Å²) in [5.41, 5.74) is 0.814. The molecule has 0 aliphatic heterocycles. The van der Waals surface area contributed by atoms with Gasteiger partial charge in [-0.15, -0.1) is 0 Å². The minimum Gasteiger partial charge on any atom is -0.396 e. The summed E-state index contributed by atoms with van der Waals surface area (Å²) >= 11 is 5.83. The second kappa shape index (κ2) is 5.09. The molecule has 2 N–H and O–H groups in total. The van der Waals surface area contributed by atoms with Gasteiger partial charge in [-0.1, -0.05) is 12.1 Å². The van der Waals surface area contributed by atoms with Crippen molar-refractivity contribution < 1.29 is 5.11 Å². The van der Waals surface area contributed by atoms with Crippen LogP contribution in [0.1, 0.15) is 6.42 Å². The minimum atomic E-state index is 0.156. The fourth-order valence-electron chi connectivity index (χ4n) is 1.47. The highest BCUT2D eigenvalue weighted by Crippen LogP contribution is 2.21. The van der Waals surface area contributed by atoms with Crippen LogP contribution in [0.4, 0.5) is 5.82 Å². The number of nitrogens with one attached hydrogen (secondary N) is 1. The van der Waals surface area contributed by atoms with Gasteiger partial charge in [0.15, 0.2) is 0 Å². The molecule has 2 aromatic rings. The SMILES string of the molecule is OCCCNc1nc(Cl)nc2ccccc12. The zero-order chi connectivity index (χ0) is 11.4. The maximum absolute atomic E-state index is 8.71. The predicted molar refractivity (Wildman–Crippen MR) is 64.7 cm³/mol.